The molecule has 0 saturated heterocycles. The second-order valence-electron chi connectivity index (χ2n) is 13.7. The maximum Gasteiger partial charge on any atom is 0.263 e. The molecule has 0 fully saturated rings. The molecule has 0 spiro atoms. The Balaban J connectivity index is 0.000000181. The van der Waals surface area contributed by atoms with Gasteiger partial charge in [-0.1, -0.05) is 71.7 Å². The predicted octanol–water partition coefficient (Wildman–Crippen LogP) is 10.1. The fourth-order valence-corrected chi connectivity index (χ4v) is 6.78. The van der Waals surface area contributed by atoms with Gasteiger partial charge < -0.3 is 14.7 Å². The molecule has 4 aromatic heterocycles. The van der Waals surface area contributed by atoms with Crippen molar-refractivity contribution in [1.82, 2.24) is 24.0 Å². The second kappa shape index (κ2) is 18.7. The SMILES string of the molecule is CN(C)CCOc1ccc(-n2cc(-c3ccccn3)cc(-c3ccccc3Cl)c2=O)cc1.O=c1c(-c2ccccc2Cl)cc(-c2ccccn2)cn1-c1ccc(O)cc1. The Bertz CT molecular complexity index is 2790. The molecule has 0 saturated carbocycles. The van der Waals surface area contributed by atoms with Crippen LogP contribution in [-0.4, -0.2) is 56.4 Å². The third kappa shape index (κ3) is 9.68. The molecule has 11 heteroatoms. The Kier molecular flexibility index (Phi) is 12.8. The topological polar surface area (TPSA) is 102 Å². The Hall–Kier alpha value is -6.78. The Labute approximate surface area is 351 Å². The van der Waals surface area contributed by atoms with Crippen LogP contribution in [0.1, 0.15) is 0 Å². The number of aromatic hydroxyl groups is 1. The molecule has 0 aliphatic heterocycles. The lowest BCUT2D eigenvalue weighted by molar-refractivity contribution is 0.261. The van der Waals surface area contributed by atoms with Crippen molar-refractivity contribution in [2.45, 2.75) is 0 Å². The highest BCUT2D eigenvalue weighted by Gasteiger charge is 2.16. The van der Waals surface area contributed by atoms with Crippen molar-refractivity contribution in [3.63, 3.8) is 0 Å². The van der Waals surface area contributed by atoms with Crippen molar-refractivity contribution < 1.29 is 9.84 Å². The number of aromatic nitrogens is 4. The van der Waals surface area contributed by atoms with Crippen molar-refractivity contribution in [2.75, 3.05) is 27.2 Å². The molecule has 0 aliphatic carbocycles. The van der Waals surface area contributed by atoms with Crippen LogP contribution in [0.4, 0.5) is 0 Å². The Morgan fingerprint density at radius 3 is 1.44 bits per heavy atom. The van der Waals surface area contributed by atoms with Gasteiger partial charge >= 0.3 is 0 Å². The van der Waals surface area contributed by atoms with Gasteiger partial charge in [-0.05, 0) is 111 Å². The second-order valence-corrected chi connectivity index (χ2v) is 14.5. The molecule has 4 aromatic carbocycles. The smallest absolute Gasteiger partial charge is 0.263 e. The Morgan fingerprint density at radius 2 is 1.02 bits per heavy atom. The molecule has 0 unspecified atom stereocenters. The normalized spacial score (nSPS) is 10.9. The molecule has 0 aliphatic rings. The molecule has 0 atom stereocenters. The zero-order valence-corrected chi connectivity index (χ0v) is 33.8. The van der Waals surface area contributed by atoms with Gasteiger partial charge in [0.15, 0.2) is 0 Å². The van der Waals surface area contributed by atoms with E-state index in [4.69, 9.17) is 27.9 Å². The summed E-state index contributed by atoms with van der Waals surface area (Å²) in [5.41, 5.74) is 6.52. The fraction of sp³-hybridized carbons (Fsp3) is 0.0833. The number of benzene rings is 4. The molecule has 0 bridgehead atoms. The standard InChI is InChI=1S/C26H24ClN3O2.C22H15ClN2O2/c1-29(2)15-16-32-21-12-10-20(11-13-21)30-18-19(25-9-5-6-14-28-25)17-23(26(30)31)22-7-3-4-8-24(22)27;23-20-6-2-1-5-18(20)19-13-15(21-7-3-4-12-24-21)14-25(22(19)27)16-8-10-17(26)11-9-16/h3-14,17-18H,15-16H2,1-2H3;1-14,26H. The summed E-state index contributed by atoms with van der Waals surface area (Å²) in [5.74, 6) is 0.898. The van der Waals surface area contributed by atoms with Crippen LogP contribution in [0.25, 0.3) is 56.1 Å². The third-order valence-electron chi connectivity index (χ3n) is 9.33. The van der Waals surface area contributed by atoms with E-state index in [9.17, 15) is 14.7 Å². The lowest BCUT2D eigenvalue weighted by Gasteiger charge is -2.14. The molecule has 8 rings (SSSR count). The van der Waals surface area contributed by atoms with Crippen molar-refractivity contribution >= 4 is 23.2 Å². The molecule has 0 amide bonds. The van der Waals surface area contributed by atoms with Crippen molar-refractivity contribution in [3.8, 4) is 67.6 Å². The maximum absolute atomic E-state index is 13.5. The van der Waals surface area contributed by atoms with Crippen LogP contribution in [0.2, 0.25) is 10.0 Å². The monoisotopic (exact) mass is 819 g/mol. The third-order valence-corrected chi connectivity index (χ3v) is 9.99. The molecule has 1 N–H and O–H groups in total. The van der Waals surface area contributed by atoms with Gasteiger partial charge in [0.25, 0.3) is 11.1 Å². The average molecular weight is 821 g/mol. The van der Waals surface area contributed by atoms with Gasteiger partial charge in [-0.3, -0.25) is 28.7 Å². The molecule has 59 heavy (non-hydrogen) atoms. The van der Waals surface area contributed by atoms with Crippen LogP contribution in [0.3, 0.4) is 0 Å². The number of phenolic OH excluding ortho intramolecular Hbond substituents is 1. The average Bonchev–Trinajstić information content (AvgIpc) is 3.26. The lowest BCUT2D eigenvalue weighted by atomic mass is 10.0. The van der Waals surface area contributed by atoms with Gasteiger partial charge in [0.05, 0.1) is 11.4 Å². The molecule has 294 valence electrons. The highest BCUT2D eigenvalue weighted by Crippen LogP contribution is 2.31. The first-order chi connectivity index (χ1) is 28.7. The number of pyridine rings is 4. The van der Waals surface area contributed by atoms with Gasteiger partial charge in [0, 0.05) is 86.1 Å². The van der Waals surface area contributed by atoms with E-state index >= 15 is 0 Å². The first-order valence-electron chi connectivity index (χ1n) is 18.7. The van der Waals surface area contributed by atoms with Crippen molar-refractivity contribution in [1.29, 1.82) is 0 Å². The van der Waals surface area contributed by atoms with E-state index in [-0.39, 0.29) is 16.9 Å². The molecule has 9 nitrogen and oxygen atoms in total. The zero-order chi connectivity index (χ0) is 41.3. The fourth-order valence-electron chi connectivity index (χ4n) is 6.30. The summed E-state index contributed by atoms with van der Waals surface area (Å²) in [5, 5.41) is 10.6. The van der Waals surface area contributed by atoms with E-state index in [1.165, 1.54) is 0 Å². The minimum absolute atomic E-state index is 0.138. The summed E-state index contributed by atoms with van der Waals surface area (Å²) in [6.45, 7) is 1.42. The van der Waals surface area contributed by atoms with Gasteiger partial charge in [0.1, 0.15) is 18.1 Å². The summed E-state index contributed by atoms with van der Waals surface area (Å²) in [7, 11) is 4.01. The number of halogens is 2. The molecule has 0 radical (unpaired) electrons. The predicted molar refractivity (Wildman–Crippen MR) is 237 cm³/mol. The van der Waals surface area contributed by atoms with Gasteiger partial charge in [-0.15, -0.1) is 0 Å². The van der Waals surface area contributed by atoms with Gasteiger partial charge in [-0.25, -0.2) is 0 Å². The minimum Gasteiger partial charge on any atom is -0.508 e. The van der Waals surface area contributed by atoms with Crippen molar-refractivity contribution in [2.24, 2.45) is 0 Å². The first-order valence-corrected chi connectivity index (χ1v) is 19.5. The number of phenols is 1. The number of likely N-dealkylation sites (N-methyl/N-ethyl adjacent to an activating group) is 1. The first kappa shape index (κ1) is 40.4. The van der Waals surface area contributed by atoms with Crippen LogP contribution in [0.5, 0.6) is 11.5 Å². The summed E-state index contributed by atoms with van der Waals surface area (Å²) in [6.07, 6.45) is 7.00. The number of rotatable bonds is 10. The van der Waals surface area contributed by atoms with E-state index in [0.29, 0.717) is 44.6 Å². The quantitative estimate of drug-likeness (QED) is 0.147. The lowest BCUT2D eigenvalue weighted by Crippen LogP contribution is -2.20. The molecular formula is C48H39Cl2N5O4. The summed E-state index contributed by atoms with van der Waals surface area (Å²) >= 11 is 12.8. The number of ether oxygens (including phenoxy) is 1. The number of hydrogen-bond acceptors (Lipinski definition) is 7. The van der Waals surface area contributed by atoms with Crippen LogP contribution in [-0.2, 0) is 0 Å². The van der Waals surface area contributed by atoms with Crippen molar-refractivity contribution in [3.05, 3.63) is 201 Å². The van der Waals surface area contributed by atoms with E-state index in [2.05, 4.69) is 14.9 Å². The van der Waals surface area contributed by atoms with Gasteiger partial charge in [-0.2, -0.15) is 0 Å². The van der Waals surface area contributed by atoms with E-state index < -0.39 is 0 Å². The molecule has 8 aromatic rings. The Morgan fingerprint density at radius 1 is 0.576 bits per heavy atom. The molecular weight excluding hydrogens is 781 g/mol. The highest BCUT2D eigenvalue weighted by molar-refractivity contribution is 6.33. The van der Waals surface area contributed by atoms with E-state index in [0.717, 1.165) is 40.5 Å². The minimum atomic E-state index is -0.200. The number of nitrogens with zero attached hydrogens (tertiary/aromatic N) is 5. The highest BCUT2D eigenvalue weighted by atomic mass is 35.5. The van der Waals surface area contributed by atoms with Crippen LogP contribution in [0, 0.1) is 0 Å². The largest absolute Gasteiger partial charge is 0.508 e. The van der Waals surface area contributed by atoms with E-state index in [1.807, 2.05) is 129 Å². The summed E-state index contributed by atoms with van der Waals surface area (Å²) < 4.78 is 8.96. The van der Waals surface area contributed by atoms with Crippen LogP contribution in [0.15, 0.2) is 180 Å². The van der Waals surface area contributed by atoms with Crippen LogP contribution < -0.4 is 15.9 Å². The molecule has 4 heterocycles. The van der Waals surface area contributed by atoms with E-state index in [1.54, 1.807) is 64.1 Å². The summed E-state index contributed by atoms with van der Waals surface area (Å²) in [6, 6.07) is 43.6. The van der Waals surface area contributed by atoms with Crippen LogP contribution >= 0.6 is 23.2 Å². The number of hydrogen-bond donors (Lipinski definition) is 1. The van der Waals surface area contributed by atoms with Gasteiger partial charge in [0.2, 0.25) is 0 Å². The summed E-state index contributed by atoms with van der Waals surface area (Å²) in [4.78, 5) is 37.6. The zero-order valence-electron chi connectivity index (χ0n) is 32.2. The maximum atomic E-state index is 13.5.